The van der Waals surface area contributed by atoms with E-state index in [1.54, 1.807) is 18.7 Å². The number of ether oxygens (including phenoxy) is 1. The van der Waals surface area contributed by atoms with Gasteiger partial charge in [0.15, 0.2) is 6.10 Å². The van der Waals surface area contributed by atoms with Gasteiger partial charge in [0.2, 0.25) is 5.82 Å². The molecule has 2 heterocycles. The molecule has 1 aliphatic heterocycles. The summed E-state index contributed by atoms with van der Waals surface area (Å²) in [5.74, 6) is 2.27. The first kappa shape index (κ1) is 11.6. The van der Waals surface area contributed by atoms with Gasteiger partial charge in [-0.1, -0.05) is 17.3 Å². The molecule has 0 radical (unpaired) electrons. The Balaban J connectivity index is 1.83. The van der Waals surface area contributed by atoms with E-state index in [9.17, 15) is 5.11 Å². The van der Waals surface area contributed by atoms with Crippen molar-refractivity contribution in [3.8, 4) is 5.75 Å². The van der Waals surface area contributed by atoms with Crippen molar-refractivity contribution in [1.29, 1.82) is 0 Å². The lowest BCUT2D eigenvalue weighted by atomic mass is 10.3. The summed E-state index contributed by atoms with van der Waals surface area (Å²) in [5, 5.41) is 13.2. The number of benzene rings is 1. The van der Waals surface area contributed by atoms with Crippen molar-refractivity contribution < 1.29 is 14.4 Å². The number of aromatic nitrogens is 2. The van der Waals surface area contributed by atoms with Crippen LogP contribution in [-0.2, 0) is 0 Å². The van der Waals surface area contributed by atoms with E-state index in [2.05, 4.69) is 10.1 Å². The third-order valence-corrected chi connectivity index (χ3v) is 3.73. The van der Waals surface area contributed by atoms with Crippen LogP contribution in [0.5, 0.6) is 5.75 Å². The number of fused-ring (bicyclic) bond motifs is 1. The van der Waals surface area contributed by atoms with Gasteiger partial charge in [0.05, 0.1) is 0 Å². The Morgan fingerprint density at radius 2 is 2.28 bits per heavy atom. The fraction of sp³-hybridized carbons (Fsp3) is 0.333. The minimum Gasteiger partial charge on any atom is -0.480 e. The molecule has 2 aromatic rings. The van der Waals surface area contributed by atoms with E-state index < -0.39 is 6.10 Å². The number of hydrogen-bond acceptors (Lipinski definition) is 6. The molecule has 6 heteroatoms. The molecule has 1 aliphatic rings. The summed E-state index contributed by atoms with van der Waals surface area (Å²) in [6.07, 6.45) is -0.990. The molecule has 18 heavy (non-hydrogen) atoms. The Morgan fingerprint density at radius 1 is 1.44 bits per heavy atom. The van der Waals surface area contributed by atoms with Gasteiger partial charge in [-0.05, 0) is 19.1 Å². The molecule has 0 bridgehead atoms. The number of thioether (sulfide) groups is 1. The average molecular weight is 264 g/mol. The van der Waals surface area contributed by atoms with Gasteiger partial charge in [-0.15, -0.1) is 11.8 Å². The van der Waals surface area contributed by atoms with Crippen LogP contribution in [0.2, 0.25) is 0 Å². The maximum Gasteiger partial charge on any atom is 0.255 e. The van der Waals surface area contributed by atoms with Crippen LogP contribution >= 0.6 is 11.8 Å². The Hall–Kier alpha value is -1.53. The molecule has 2 atom stereocenters. The largest absolute Gasteiger partial charge is 0.480 e. The molecule has 1 unspecified atom stereocenters. The molecule has 1 N–H and O–H groups in total. The molecule has 94 valence electrons. The second-order valence-corrected chi connectivity index (χ2v) is 5.09. The van der Waals surface area contributed by atoms with Crippen LogP contribution in [0.15, 0.2) is 33.7 Å². The summed E-state index contributed by atoms with van der Waals surface area (Å²) in [7, 11) is 0. The molecule has 1 aromatic carbocycles. The summed E-state index contributed by atoms with van der Waals surface area (Å²) >= 11 is 1.70. The minimum absolute atomic E-state index is 0.220. The number of rotatable bonds is 2. The SMILES string of the molecule is C[C@H](O)c1nc(C2CSc3ccccc3O2)no1. The van der Waals surface area contributed by atoms with Crippen molar-refractivity contribution in [3.05, 3.63) is 36.0 Å². The zero-order valence-corrected chi connectivity index (χ0v) is 10.6. The first-order valence-corrected chi connectivity index (χ1v) is 6.62. The van der Waals surface area contributed by atoms with Gasteiger partial charge in [-0.25, -0.2) is 0 Å². The van der Waals surface area contributed by atoms with Gasteiger partial charge < -0.3 is 14.4 Å². The lowest BCUT2D eigenvalue weighted by molar-refractivity contribution is 0.151. The molecular weight excluding hydrogens is 252 g/mol. The monoisotopic (exact) mass is 264 g/mol. The molecule has 1 aromatic heterocycles. The normalized spacial score (nSPS) is 20.0. The molecule has 0 amide bonds. The van der Waals surface area contributed by atoms with Gasteiger partial charge in [0.1, 0.15) is 11.9 Å². The molecule has 3 rings (SSSR count). The number of aliphatic hydroxyl groups excluding tert-OH is 1. The number of hydrogen-bond donors (Lipinski definition) is 1. The summed E-state index contributed by atoms with van der Waals surface area (Å²) < 4.78 is 10.8. The maximum atomic E-state index is 9.35. The second kappa shape index (κ2) is 4.62. The molecule has 0 saturated carbocycles. The highest BCUT2D eigenvalue weighted by Crippen LogP contribution is 2.39. The van der Waals surface area contributed by atoms with Crippen LogP contribution in [0.25, 0.3) is 0 Å². The van der Waals surface area contributed by atoms with E-state index in [-0.39, 0.29) is 12.0 Å². The highest BCUT2D eigenvalue weighted by molar-refractivity contribution is 7.99. The van der Waals surface area contributed by atoms with Gasteiger partial charge >= 0.3 is 0 Å². The highest BCUT2D eigenvalue weighted by Gasteiger charge is 2.26. The molecule has 0 saturated heterocycles. The van der Waals surface area contributed by atoms with Crippen LogP contribution < -0.4 is 4.74 Å². The number of nitrogens with zero attached hydrogens (tertiary/aromatic N) is 2. The molecule has 0 fully saturated rings. The van der Waals surface area contributed by atoms with Crippen LogP contribution in [-0.4, -0.2) is 21.0 Å². The Morgan fingerprint density at radius 3 is 3.06 bits per heavy atom. The fourth-order valence-electron chi connectivity index (χ4n) is 1.69. The zero-order chi connectivity index (χ0) is 12.5. The van der Waals surface area contributed by atoms with Gasteiger partial charge in [0.25, 0.3) is 5.89 Å². The van der Waals surface area contributed by atoms with E-state index >= 15 is 0 Å². The van der Waals surface area contributed by atoms with E-state index in [0.717, 1.165) is 16.4 Å². The minimum atomic E-state index is -0.755. The predicted octanol–water partition coefficient (Wildman–Crippen LogP) is 2.35. The van der Waals surface area contributed by atoms with E-state index in [0.29, 0.717) is 5.82 Å². The van der Waals surface area contributed by atoms with Crippen LogP contribution in [0.4, 0.5) is 0 Å². The summed E-state index contributed by atoms with van der Waals surface area (Å²) in [6, 6.07) is 7.85. The number of para-hydroxylation sites is 1. The molecule has 5 nitrogen and oxygen atoms in total. The number of aliphatic hydroxyl groups is 1. The van der Waals surface area contributed by atoms with Gasteiger partial charge in [-0.3, -0.25) is 0 Å². The zero-order valence-electron chi connectivity index (χ0n) is 9.74. The summed E-state index contributed by atoms with van der Waals surface area (Å²) in [4.78, 5) is 5.26. The smallest absolute Gasteiger partial charge is 0.255 e. The fourth-order valence-corrected chi connectivity index (χ4v) is 2.68. The highest BCUT2D eigenvalue weighted by atomic mass is 32.2. The van der Waals surface area contributed by atoms with Crippen LogP contribution in [0.1, 0.15) is 30.8 Å². The van der Waals surface area contributed by atoms with E-state index in [1.807, 2.05) is 24.3 Å². The average Bonchev–Trinajstić information content (AvgIpc) is 2.88. The van der Waals surface area contributed by atoms with E-state index in [1.165, 1.54) is 0 Å². The van der Waals surface area contributed by atoms with Crippen LogP contribution in [0, 0.1) is 0 Å². The third kappa shape index (κ3) is 2.09. The first-order valence-electron chi connectivity index (χ1n) is 5.64. The van der Waals surface area contributed by atoms with E-state index in [4.69, 9.17) is 9.26 Å². The Bertz CT molecular complexity index is 556. The molecule has 0 aliphatic carbocycles. The summed E-state index contributed by atoms with van der Waals surface area (Å²) in [5.41, 5.74) is 0. The first-order chi connectivity index (χ1) is 8.74. The van der Waals surface area contributed by atoms with Crippen molar-refractivity contribution in [2.24, 2.45) is 0 Å². The Labute approximate surface area is 108 Å². The standard InChI is InChI=1S/C12H12N2O3S/c1-7(15)12-13-11(14-17-12)9-6-18-10-5-3-2-4-8(10)16-9/h2-5,7,9,15H,6H2,1H3/t7-,9?/m0/s1. The third-order valence-electron chi connectivity index (χ3n) is 2.61. The maximum absolute atomic E-state index is 9.35. The lowest BCUT2D eigenvalue weighted by Gasteiger charge is -2.22. The molecular formula is C12H12N2O3S. The Kier molecular flexibility index (Phi) is 2.97. The summed E-state index contributed by atoms with van der Waals surface area (Å²) in [6.45, 7) is 1.59. The molecule has 0 spiro atoms. The topological polar surface area (TPSA) is 68.4 Å². The van der Waals surface area contributed by atoms with Gasteiger partial charge in [-0.2, -0.15) is 4.98 Å². The van der Waals surface area contributed by atoms with Gasteiger partial charge in [0, 0.05) is 10.6 Å². The van der Waals surface area contributed by atoms with Crippen molar-refractivity contribution in [3.63, 3.8) is 0 Å². The van der Waals surface area contributed by atoms with Crippen molar-refractivity contribution in [1.82, 2.24) is 10.1 Å². The lowest BCUT2D eigenvalue weighted by Crippen LogP contribution is -2.16. The quantitative estimate of drug-likeness (QED) is 0.898. The van der Waals surface area contributed by atoms with Crippen molar-refractivity contribution in [2.45, 2.75) is 24.0 Å². The van der Waals surface area contributed by atoms with Crippen LogP contribution in [0.3, 0.4) is 0 Å². The van der Waals surface area contributed by atoms with Crippen molar-refractivity contribution >= 4 is 11.8 Å². The predicted molar refractivity (Wildman–Crippen MR) is 65.5 cm³/mol. The second-order valence-electron chi connectivity index (χ2n) is 4.03. The van der Waals surface area contributed by atoms with Crippen molar-refractivity contribution in [2.75, 3.05) is 5.75 Å².